The van der Waals surface area contributed by atoms with Crippen molar-refractivity contribution >= 4 is 34.6 Å². The molecule has 0 unspecified atom stereocenters. The first-order valence-corrected chi connectivity index (χ1v) is 7.13. The van der Waals surface area contributed by atoms with Gasteiger partial charge in [0.1, 0.15) is 0 Å². The molecule has 1 heterocycles. The molecule has 1 aliphatic heterocycles. The number of nitrogens with two attached hydrogens (primary N) is 1. The number of nitrogen functional groups attached to an aromatic ring is 1. The van der Waals surface area contributed by atoms with E-state index in [9.17, 15) is 4.79 Å². The first kappa shape index (κ1) is 14.0. The van der Waals surface area contributed by atoms with E-state index in [-0.39, 0.29) is 5.91 Å². The van der Waals surface area contributed by atoms with Crippen molar-refractivity contribution in [2.24, 2.45) is 0 Å². The summed E-state index contributed by atoms with van der Waals surface area (Å²) in [6, 6.07) is 3.60. The molecule has 1 aromatic carbocycles. The van der Waals surface area contributed by atoms with Gasteiger partial charge in [-0.3, -0.25) is 4.79 Å². The van der Waals surface area contributed by atoms with Crippen LogP contribution in [0.2, 0.25) is 5.02 Å². The summed E-state index contributed by atoms with van der Waals surface area (Å²) in [5.74, 6) is -0.0125. The zero-order valence-corrected chi connectivity index (χ0v) is 12.0. The summed E-state index contributed by atoms with van der Waals surface area (Å²) in [5.41, 5.74) is 8.30. The predicted molar refractivity (Wildman–Crippen MR) is 80.8 cm³/mol. The van der Waals surface area contributed by atoms with Gasteiger partial charge in [0, 0.05) is 19.5 Å². The van der Waals surface area contributed by atoms with Crippen LogP contribution in [-0.2, 0) is 4.79 Å². The number of halogens is 1. The fourth-order valence-corrected chi connectivity index (χ4v) is 2.56. The van der Waals surface area contributed by atoms with Crippen molar-refractivity contribution in [2.45, 2.75) is 32.6 Å². The van der Waals surface area contributed by atoms with Gasteiger partial charge in [0.15, 0.2) is 0 Å². The quantitative estimate of drug-likeness (QED) is 0.833. The van der Waals surface area contributed by atoms with E-state index in [1.54, 1.807) is 6.07 Å². The SMILES string of the molecule is CCCC(=O)Nc1cc(N2CCCC2)c(N)cc1Cl. The lowest BCUT2D eigenvalue weighted by Gasteiger charge is -2.21. The minimum absolute atomic E-state index is 0.0125. The fourth-order valence-electron chi connectivity index (χ4n) is 2.34. The third-order valence-corrected chi connectivity index (χ3v) is 3.63. The van der Waals surface area contributed by atoms with Crippen molar-refractivity contribution in [3.63, 3.8) is 0 Å². The highest BCUT2D eigenvalue weighted by atomic mass is 35.5. The van der Waals surface area contributed by atoms with E-state index >= 15 is 0 Å². The molecule has 1 amide bonds. The first-order valence-electron chi connectivity index (χ1n) is 6.75. The molecule has 19 heavy (non-hydrogen) atoms. The van der Waals surface area contributed by atoms with Gasteiger partial charge in [0.25, 0.3) is 0 Å². The molecule has 3 N–H and O–H groups in total. The molecule has 104 valence electrons. The van der Waals surface area contributed by atoms with Crippen molar-refractivity contribution < 1.29 is 4.79 Å². The summed E-state index contributed by atoms with van der Waals surface area (Å²) in [7, 11) is 0. The number of benzene rings is 1. The Hall–Kier alpha value is -1.42. The van der Waals surface area contributed by atoms with Crippen LogP contribution >= 0.6 is 11.6 Å². The van der Waals surface area contributed by atoms with Crippen LogP contribution in [-0.4, -0.2) is 19.0 Å². The van der Waals surface area contributed by atoms with Crippen molar-refractivity contribution in [1.29, 1.82) is 0 Å². The Morgan fingerprint density at radius 1 is 1.42 bits per heavy atom. The van der Waals surface area contributed by atoms with Gasteiger partial charge < -0.3 is 16.0 Å². The molecule has 4 nitrogen and oxygen atoms in total. The molecule has 0 bridgehead atoms. The zero-order valence-electron chi connectivity index (χ0n) is 11.2. The van der Waals surface area contributed by atoms with E-state index in [0.29, 0.717) is 22.8 Å². The van der Waals surface area contributed by atoms with Crippen molar-refractivity contribution in [3.05, 3.63) is 17.2 Å². The molecule has 1 saturated heterocycles. The average molecular weight is 282 g/mol. The number of nitrogens with one attached hydrogen (secondary N) is 1. The summed E-state index contributed by atoms with van der Waals surface area (Å²) < 4.78 is 0. The molecule has 0 radical (unpaired) electrons. The third kappa shape index (κ3) is 3.32. The van der Waals surface area contributed by atoms with Crippen LogP contribution in [0.25, 0.3) is 0 Å². The van der Waals surface area contributed by atoms with Crippen LogP contribution in [0.1, 0.15) is 32.6 Å². The molecule has 5 heteroatoms. The number of hydrogen-bond acceptors (Lipinski definition) is 3. The molecule has 0 atom stereocenters. The Morgan fingerprint density at radius 2 is 2.11 bits per heavy atom. The Labute approximate surface area is 118 Å². The van der Waals surface area contributed by atoms with Gasteiger partial charge in [-0.1, -0.05) is 18.5 Å². The topological polar surface area (TPSA) is 58.4 Å². The number of carbonyl (C=O) groups is 1. The molecule has 1 fully saturated rings. The molecule has 0 aromatic heterocycles. The monoisotopic (exact) mass is 281 g/mol. The number of amides is 1. The summed E-state index contributed by atoms with van der Waals surface area (Å²) in [6.07, 6.45) is 3.68. The lowest BCUT2D eigenvalue weighted by Crippen LogP contribution is -2.20. The van der Waals surface area contributed by atoms with Crippen LogP contribution < -0.4 is 16.0 Å². The number of rotatable bonds is 4. The van der Waals surface area contributed by atoms with E-state index in [2.05, 4.69) is 10.2 Å². The third-order valence-electron chi connectivity index (χ3n) is 3.31. The molecular formula is C14H20ClN3O. The summed E-state index contributed by atoms with van der Waals surface area (Å²) in [6.45, 7) is 3.99. The van der Waals surface area contributed by atoms with E-state index in [4.69, 9.17) is 17.3 Å². The maximum Gasteiger partial charge on any atom is 0.224 e. The average Bonchev–Trinajstić information content (AvgIpc) is 2.86. The van der Waals surface area contributed by atoms with Gasteiger partial charge in [0.05, 0.1) is 22.1 Å². The molecule has 0 aliphatic carbocycles. The van der Waals surface area contributed by atoms with E-state index < -0.39 is 0 Å². The van der Waals surface area contributed by atoms with E-state index in [1.807, 2.05) is 13.0 Å². The molecule has 1 aliphatic rings. The highest BCUT2D eigenvalue weighted by molar-refractivity contribution is 6.34. The maximum absolute atomic E-state index is 11.7. The Bertz CT molecular complexity index is 470. The summed E-state index contributed by atoms with van der Waals surface area (Å²) in [5, 5.41) is 3.34. The Morgan fingerprint density at radius 3 is 2.74 bits per heavy atom. The minimum Gasteiger partial charge on any atom is -0.397 e. The van der Waals surface area contributed by atoms with Crippen LogP contribution in [0.15, 0.2) is 12.1 Å². The van der Waals surface area contributed by atoms with Gasteiger partial charge in [-0.15, -0.1) is 0 Å². The van der Waals surface area contributed by atoms with Crippen molar-refractivity contribution in [1.82, 2.24) is 0 Å². The highest BCUT2D eigenvalue weighted by Crippen LogP contribution is 2.35. The Balaban J connectivity index is 2.23. The van der Waals surface area contributed by atoms with Crippen molar-refractivity contribution in [3.8, 4) is 0 Å². The van der Waals surface area contributed by atoms with Crippen LogP contribution in [0.3, 0.4) is 0 Å². The van der Waals surface area contributed by atoms with Gasteiger partial charge in [-0.25, -0.2) is 0 Å². The van der Waals surface area contributed by atoms with Crippen LogP contribution in [0.4, 0.5) is 17.1 Å². The van der Waals surface area contributed by atoms with E-state index in [0.717, 1.165) is 25.2 Å². The maximum atomic E-state index is 11.7. The Kier molecular flexibility index (Phi) is 4.53. The molecule has 0 spiro atoms. The smallest absolute Gasteiger partial charge is 0.224 e. The number of nitrogens with zero attached hydrogens (tertiary/aromatic N) is 1. The largest absolute Gasteiger partial charge is 0.397 e. The fraction of sp³-hybridized carbons (Fsp3) is 0.500. The molecule has 2 rings (SSSR count). The summed E-state index contributed by atoms with van der Waals surface area (Å²) in [4.78, 5) is 13.9. The highest BCUT2D eigenvalue weighted by Gasteiger charge is 2.17. The van der Waals surface area contributed by atoms with E-state index in [1.165, 1.54) is 12.8 Å². The van der Waals surface area contributed by atoms with Gasteiger partial charge >= 0.3 is 0 Å². The second kappa shape index (κ2) is 6.15. The second-order valence-corrected chi connectivity index (χ2v) is 5.29. The molecule has 1 aromatic rings. The van der Waals surface area contributed by atoms with Gasteiger partial charge in [-0.2, -0.15) is 0 Å². The second-order valence-electron chi connectivity index (χ2n) is 4.88. The molecular weight excluding hydrogens is 262 g/mol. The van der Waals surface area contributed by atoms with Crippen molar-refractivity contribution in [2.75, 3.05) is 29.0 Å². The zero-order chi connectivity index (χ0) is 13.8. The number of anilines is 3. The van der Waals surface area contributed by atoms with Crippen LogP contribution in [0, 0.1) is 0 Å². The standard InChI is InChI=1S/C14H20ClN3O/c1-2-5-14(19)17-12-9-13(11(16)8-10(12)15)18-6-3-4-7-18/h8-9H,2-7,16H2,1H3,(H,17,19). The normalized spacial score (nSPS) is 14.7. The lowest BCUT2D eigenvalue weighted by molar-refractivity contribution is -0.116. The van der Waals surface area contributed by atoms with Crippen LogP contribution in [0.5, 0.6) is 0 Å². The number of carbonyl (C=O) groups excluding carboxylic acids is 1. The first-order chi connectivity index (χ1) is 9.11. The van der Waals surface area contributed by atoms with Gasteiger partial charge in [0.2, 0.25) is 5.91 Å². The lowest BCUT2D eigenvalue weighted by atomic mass is 10.2. The predicted octanol–water partition coefficient (Wildman–Crippen LogP) is 3.26. The van der Waals surface area contributed by atoms with Gasteiger partial charge in [-0.05, 0) is 31.4 Å². The summed E-state index contributed by atoms with van der Waals surface area (Å²) >= 11 is 6.14. The minimum atomic E-state index is -0.0125. The molecule has 0 saturated carbocycles. The number of hydrogen-bond donors (Lipinski definition) is 2.